The molecule has 2 atom stereocenters. The number of nitrogens with one attached hydrogen (secondary N) is 1. The van der Waals surface area contributed by atoms with E-state index in [9.17, 15) is 18.3 Å². The zero-order valence-corrected chi connectivity index (χ0v) is 15.1. The lowest BCUT2D eigenvalue weighted by Crippen LogP contribution is -2.30. The average Bonchev–Trinajstić information content (AvgIpc) is 2.99. The van der Waals surface area contributed by atoms with Crippen molar-refractivity contribution in [3.05, 3.63) is 40.9 Å². The van der Waals surface area contributed by atoms with Crippen LogP contribution in [-0.2, 0) is 6.54 Å². The first-order valence-electron chi connectivity index (χ1n) is 8.50. The minimum Gasteiger partial charge on any atom is -0.393 e. The highest BCUT2D eigenvalue weighted by Gasteiger charge is 2.28. The van der Waals surface area contributed by atoms with Crippen molar-refractivity contribution in [2.75, 3.05) is 5.32 Å². The normalized spacial score (nSPS) is 20.0. The molecule has 0 unspecified atom stereocenters. The largest absolute Gasteiger partial charge is 0.408 e. The van der Waals surface area contributed by atoms with E-state index in [2.05, 4.69) is 27.2 Å². The van der Waals surface area contributed by atoms with Crippen LogP contribution >= 0.6 is 11.6 Å². The van der Waals surface area contributed by atoms with Crippen molar-refractivity contribution in [3.8, 4) is 11.8 Å². The number of pyridine rings is 1. The van der Waals surface area contributed by atoms with Gasteiger partial charge in [-0.2, -0.15) is 18.3 Å². The number of halogens is 4. The highest BCUT2D eigenvalue weighted by atomic mass is 35.5. The van der Waals surface area contributed by atoms with E-state index in [0.29, 0.717) is 28.4 Å². The third-order valence-electron chi connectivity index (χ3n) is 4.19. The van der Waals surface area contributed by atoms with E-state index in [1.54, 1.807) is 6.07 Å². The maximum Gasteiger partial charge on any atom is 0.408 e. The van der Waals surface area contributed by atoms with Gasteiger partial charge in [-0.1, -0.05) is 23.4 Å². The Morgan fingerprint density at radius 1 is 1.30 bits per heavy atom. The van der Waals surface area contributed by atoms with E-state index < -0.39 is 12.7 Å². The van der Waals surface area contributed by atoms with Gasteiger partial charge in [-0.15, -0.1) is 0 Å². The van der Waals surface area contributed by atoms with E-state index in [-0.39, 0.29) is 12.1 Å². The highest BCUT2D eigenvalue weighted by Crippen LogP contribution is 2.25. The number of aliphatic hydroxyl groups is 1. The number of hydrogen-bond donors (Lipinski definition) is 2. The van der Waals surface area contributed by atoms with E-state index >= 15 is 0 Å². The molecule has 3 rings (SSSR count). The van der Waals surface area contributed by atoms with E-state index in [4.69, 9.17) is 11.6 Å². The molecule has 0 aliphatic heterocycles. The number of rotatable bonds is 3. The molecule has 0 aromatic carbocycles. The van der Waals surface area contributed by atoms with Crippen molar-refractivity contribution >= 4 is 17.3 Å². The fraction of sp³-hybridized carbons (Fsp3) is 0.444. The van der Waals surface area contributed by atoms with Crippen LogP contribution in [0.15, 0.2) is 24.7 Å². The summed E-state index contributed by atoms with van der Waals surface area (Å²) in [4.78, 5) is 4.02. The third kappa shape index (κ3) is 5.88. The molecular formula is C18H18ClF3N4O. The summed E-state index contributed by atoms with van der Waals surface area (Å²) < 4.78 is 38.0. The Morgan fingerprint density at radius 2 is 2.11 bits per heavy atom. The summed E-state index contributed by atoms with van der Waals surface area (Å²) in [5.41, 5.74) is 1.63. The fourth-order valence-electron chi connectivity index (χ4n) is 3.00. The van der Waals surface area contributed by atoms with Gasteiger partial charge in [0.25, 0.3) is 0 Å². The topological polar surface area (TPSA) is 63.0 Å². The molecule has 27 heavy (non-hydrogen) atoms. The summed E-state index contributed by atoms with van der Waals surface area (Å²) >= 11 is 5.98. The molecule has 2 aromatic rings. The predicted octanol–water partition coefficient (Wildman–Crippen LogP) is 3.61. The van der Waals surface area contributed by atoms with Crippen LogP contribution in [0.2, 0.25) is 5.15 Å². The lowest BCUT2D eigenvalue weighted by molar-refractivity contribution is -0.142. The van der Waals surface area contributed by atoms with Crippen LogP contribution in [0.1, 0.15) is 36.8 Å². The molecule has 0 amide bonds. The SMILES string of the molecule is O[C@H]1CCC[C@H](Nc2cc(Cl)ncc2C#Cc2cnn(CC(F)(F)F)c2)C1. The van der Waals surface area contributed by atoms with Gasteiger partial charge in [-0.25, -0.2) is 4.98 Å². The summed E-state index contributed by atoms with van der Waals surface area (Å²) in [5, 5.41) is 17.1. The Kier molecular flexibility index (Phi) is 5.92. The van der Waals surface area contributed by atoms with Gasteiger partial charge in [0, 0.05) is 18.4 Å². The van der Waals surface area contributed by atoms with Gasteiger partial charge >= 0.3 is 6.18 Å². The summed E-state index contributed by atoms with van der Waals surface area (Å²) in [6.45, 7) is -1.16. The molecule has 2 N–H and O–H groups in total. The standard InChI is InChI=1S/C18H18ClF3N4O/c19-17-7-16(25-14-2-1-3-15(27)6-14)13(9-23-17)5-4-12-8-24-26(10-12)11-18(20,21)22/h7-10,14-15,27H,1-3,6,11H2,(H,23,25)/t14-,15-/m0/s1. The van der Waals surface area contributed by atoms with Crippen molar-refractivity contribution in [2.24, 2.45) is 0 Å². The molecule has 144 valence electrons. The Balaban J connectivity index is 1.76. The van der Waals surface area contributed by atoms with Gasteiger partial charge < -0.3 is 10.4 Å². The summed E-state index contributed by atoms with van der Waals surface area (Å²) in [7, 11) is 0. The molecule has 1 aliphatic carbocycles. The Labute approximate surface area is 159 Å². The monoisotopic (exact) mass is 398 g/mol. The van der Waals surface area contributed by atoms with Crippen LogP contribution in [0.4, 0.5) is 18.9 Å². The molecule has 5 nitrogen and oxygen atoms in total. The molecule has 0 saturated heterocycles. The first kappa shape index (κ1) is 19.5. The lowest BCUT2D eigenvalue weighted by atomic mass is 9.93. The molecule has 0 spiro atoms. The molecule has 9 heteroatoms. The molecule has 2 aromatic heterocycles. The van der Waals surface area contributed by atoms with Crippen molar-refractivity contribution in [1.29, 1.82) is 0 Å². The quantitative estimate of drug-likeness (QED) is 0.612. The van der Waals surface area contributed by atoms with E-state index in [0.717, 1.165) is 23.9 Å². The maximum atomic E-state index is 12.4. The Morgan fingerprint density at radius 3 is 2.85 bits per heavy atom. The van der Waals surface area contributed by atoms with Gasteiger partial charge in [0.1, 0.15) is 11.7 Å². The average molecular weight is 399 g/mol. The number of aliphatic hydroxyl groups excluding tert-OH is 1. The Hall–Kier alpha value is -2.24. The molecule has 1 fully saturated rings. The molecule has 0 radical (unpaired) electrons. The number of aromatic nitrogens is 3. The van der Waals surface area contributed by atoms with Crippen LogP contribution in [0.25, 0.3) is 0 Å². The fourth-order valence-corrected chi connectivity index (χ4v) is 3.16. The van der Waals surface area contributed by atoms with Crippen molar-refractivity contribution in [2.45, 2.75) is 50.6 Å². The van der Waals surface area contributed by atoms with Crippen LogP contribution in [-0.4, -0.2) is 38.2 Å². The van der Waals surface area contributed by atoms with E-state index in [1.807, 2.05) is 0 Å². The first-order valence-corrected chi connectivity index (χ1v) is 8.88. The van der Waals surface area contributed by atoms with E-state index in [1.165, 1.54) is 18.6 Å². The Bertz CT molecular complexity index is 856. The molecular weight excluding hydrogens is 381 g/mol. The van der Waals surface area contributed by atoms with Crippen LogP contribution in [0.3, 0.4) is 0 Å². The molecule has 2 heterocycles. The highest BCUT2D eigenvalue weighted by molar-refractivity contribution is 6.29. The molecule has 1 aliphatic rings. The second kappa shape index (κ2) is 8.19. The van der Waals surface area contributed by atoms with Crippen LogP contribution in [0, 0.1) is 11.8 Å². The summed E-state index contributed by atoms with van der Waals surface area (Å²) in [5.74, 6) is 5.70. The van der Waals surface area contributed by atoms with Crippen LogP contribution < -0.4 is 5.32 Å². The third-order valence-corrected chi connectivity index (χ3v) is 4.40. The van der Waals surface area contributed by atoms with Crippen molar-refractivity contribution in [1.82, 2.24) is 14.8 Å². The summed E-state index contributed by atoms with van der Waals surface area (Å²) in [6, 6.07) is 1.75. The maximum absolute atomic E-state index is 12.4. The van der Waals surface area contributed by atoms with Gasteiger partial charge in [-0.05, 0) is 31.7 Å². The number of nitrogens with zero attached hydrogens (tertiary/aromatic N) is 3. The van der Waals surface area contributed by atoms with Crippen molar-refractivity contribution in [3.63, 3.8) is 0 Å². The number of alkyl halides is 3. The first-order chi connectivity index (χ1) is 12.8. The summed E-state index contributed by atoms with van der Waals surface area (Å²) in [6.07, 6.45) is 2.66. The minimum atomic E-state index is -4.33. The zero-order chi connectivity index (χ0) is 19.4. The predicted molar refractivity (Wildman–Crippen MR) is 95.4 cm³/mol. The van der Waals surface area contributed by atoms with Gasteiger partial charge in [0.05, 0.1) is 29.1 Å². The molecule has 0 bridgehead atoms. The lowest BCUT2D eigenvalue weighted by Gasteiger charge is -2.27. The second-order valence-electron chi connectivity index (χ2n) is 6.51. The molecule has 1 saturated carbocycles. The van der Waals surface area contributed by atoms with Gasteiger partial charge in [-0.3, -0.25) is 4.68 Å². The zero-order valence-electron chi connectivity index (χ0n) is 14.3. The number of hydrogen-bond acceptors (Lipinski definition) is 4. The number of anilines is 1. The second-order valence-corrected chi connectivity index (χ2v) is 6.89. The van der Waals surface area contributed by atoms with Crippen molar-refractivity contribution < 1.29 is 18.3 Å². The van der Waals surface area contributed by atoms with Gasteiger partial charge in [0.2, 0.25) is 0 Å². The minimum absolute atomic E-state index is 0.0994. The van der Waals surface area contributed by atoms with Gasteiger partial charge in [0.15, 0.2) is 0 Å². The smallest absolute Gasteiger partial charge is 0.393 e. The van der Waals surface area contributed by atoms with Crippen LogP contribution in [0.5, 0.6) is 0 Å².